The van der Waals surface area contributed by atoms with E-state index in [0.29, 0.717) is 0 Å². The van der Waals surface area contributed by atoms with E-state index in [1.54, 1.807) is 6.92 Å². The minimum absolute atomic E-state index is 0.00838. The Hall–Kier alpha value is -3.53. The van der Waals surface area contributed by atoms with E-state index in [4.69, 9.17) is 32.7 Å². The number of pyridine rings is 1. The predicted octanol–water partition coefficient (Wildman–Crippen LogP) is 2.58. The Morgan fingerprint density at radius 3 is 2.71 bits per heavy atom. The smallest absolute Gasteiger partial charge is 0.271 e. The first-order valence-electron chi connectivity index (χ1n) is 12.7. The van der Waals surface area contributed by atoms with Gasteiger partial charge in [-0.25, -0.2) is 23.4 Å². The van der Waals surface area contributed by atoms with Crippen molar-refractivity contribution in [3.8, 4) is 16.8 Å². The molecular formula is C26H23Cl2F2N7O5. The van der Waals surface area contributed by atoms with E-state index in [2.05, 4.69) is 25.5 Å². The first kappa shape index (κ1) is 28.6. The highest BCUT2D eigenvalue weighted by atomic mass is 35.5. The molecule has 1 aromatic carbocycles. The lowest BCUT2D eigenvalue weighted by molar-refractivity contribution is -0.196. The monoisotopic (exact) mass is 621 g/mol. The van der Waals surface area contributed by atoms with Crippen molar-refractivity contribution in [3.63, 3.8) is 0 Å². The zero-order valence-corrected chi connectivity index (χ0v) is 23.5. The van der Waals surface area contributed by atoms with Crippen molar-refractivity contribution >= 4 is 29.1 Å². The second-order valence-corrected chi connectivity index (χ2v) is 10.7. The Balaban J connectivity index is 1.44. The van der Waals surface area contributed by atoms with E-state index in [1.165, 1.54) is 53.2 Å². The summed E-state index contributed by atoms with van der Waals surface area (Å²) in [6.07, 6.45) is -1.44. The summed E-state index contributed by atoms with van der Waals surface area (Å²) >= 11 is 11.9. The second-order valence-electron chi connectivity index (χ2n) is 9.83. The first-order chi connectivity index (χ1) is 20.1. The van der Waals surface area contributed by atoms with Gasteiger partial charge in [0.1, 0.15) is 42.4 Å². The van der Waals surface area contributed by atoms with Crippen LogP contribution in [0.25, 0.3) is 16.8 Å². The molecule has 4 unspecified atom stereocenters. The lowest BCUT2D eigenvalue weighted by Crippen LogP contribution is -2.52. The zero-order chi connectivity index (χ0) is 29.9. The van der Waals surface area contributed by atoms with Gasteiger partial charge in [0, 0.05) is 30.6 Å². The molecule has 220 valence electrons. The van der Waals surface area contributed by atoms with E-state index in [-0.39, 0.29) is 50.8 Å². The number of carbonyl (C=O) groups is 1. The molecule has 2 aliphatic rings. The minimum Gasteiger partial charge on any atom is -0.388 e. The van der Waals surface area contributed by atoms with Gasteiger partial charge in [-0.05, 0) is 25.1 Å². The molecule has 0 radical (unpaired) electrons. The second kappa shape index (κ2) is 10.9. The fourth-order valence-electron chi connectivity index (χ4n) is 5.29. The van der Waals surface area contributed by atoms with E-state index < -0.39 is 54.1 Å². The molecule has 2 fully saturated rings. The highest BCUT2D eigenvalue weighted by Gasteiger charge is 2.54. The number of ether oxygens (including phenoxy) is 2. The van der Waals surface area contributed by atoms with E-state index >= 15 is 0 Å². The lowest BCUT2D eigenvalue weighted by Gasteiger charge is -2.41. The third kappa shape index (κ3) is 4.73. The number of aliphatic hydroxyl groups is 2. The van der Waals surface area contributed by atoms with Gasteiger partial charge in [0.2, 0.25) is 0 Å². The summed E-state index contributed by atoms with van der Waals surface area (Å²) in [6, 6.07) is 3.05. The van der Waals surface area contributed by atoms with Gasteiger partial charge in [0.15, 0.2) is 23.2 Å². The number of aryl methyl sites for hydroxylation is 1. The quantitative estimate of drug-likeness (QED) is 0.286. The number of amides is 1. The molecule has 5 heterocycles. The van der Waals surface area contributed by atoms with E-state index in [0.717, 1.165) is 0 Å². The number of nitrogens with one attached hydrogen (secondary N) is 1. The summed E-state index contributed by atoms with van der Waals surface area (Å²) in [5.74, 6) is -2.49. The number of hydrogen-bond acceptors (Lipinski definition) is 9. The molecule has 3 N–H and O–H groups in total. The van der Waals surface area contributed by atoms with Crippen LogP contribution < -0.4 is 5.32 Å². The number of halogens is 4. The van der Waals surface area contributed by atoms with Crippen LogP contribution in [-0.4, -0.2) is 83.7 Å². The van der Waals surface area contributed by atoms with Crippen LogP contribution in [0.4, 0.5) is 8.78 Å². The van der Waals surface area contributed by atoms with Gasteiger partial charge in [-0.15, -0.1) is 0 Å². The van der Waals surface area contributed by atoms with Gasteiger partial charge in [-0.3, -0.25) is 9.48 Å². The average Bonchev–Trinajstić information content (AvgIpc) is 3.70. The van der Waals surface area contributed by atoms with E-state index in [1.807, 2.05) is 0 Å². The van der Waals surface area contributed by atoms with Crippen LogP contribution in [0.15, 0.2) is 36.8 Å². The Bertz CT molecular complexity index is 1680. The molecule has 0 aliphatic carbocycles. The van der Waals surface area contributed by atoms with Crippen molar-refractivity contribution < 1.29 is 33.3 Å². The van der Waals surface area contributed by atoms with Crippen LogP contribution in [0.3, 0.4) is 0 Å². The molecule has 4 aromatic rings. The van der Waals surface area contributed by atoms with Gasteiger partial charge in [0.25, 0.3) is 5.91 Å². The maximum Gasteiger partial charge on any atom is 0.271 e. The van der Waals surface area contributed by atoms with Crippen molar-refractivity contribution in [1.82, 2.24) is 34.8 Å². The van der Waals surface area contributed by atoms with Crippen LogP contribution >= 0.6 is 23.2 Å². The van der Waals surface area contributed by atoms with Crippen LogP contribution in [0.1, 0.15) is 34.3 Å². The van der Waals surface area contributed by atoms with Gasteiger partial charge in [0.05, 0.1) is 28.5 Å². The summed E-state index contributed by atoms with van der Waals surface area (Å²) in [4.78, 5) is 21.2. The Morgan fingerprint density at radius 1 is 1.17 bits per heavy atom. The third-order valence-electron chi connectivity index (χ3n) is 7.21. The van der Waals surface area contributed by atoms with Gasteiger partial charge < -0.3 is 25.0 Å². The number of nitrogens with zero attached hydrogens (tertiary/aromatic N) is 6. The molecule has 0 spiro atoms. The fraction of sp³-hybridized carbons (Fsp3) is 0.346. The predicted molar refractivity (Wildman–Crippen MR) is 143 cm³/mol. The Kier molecular flexibility index (Phi) is 7.45. The Labute approximate surface area is 246 Å². The summed E-state index contributed by atoms with van der Waals surface area (Å²) in [5, 5.41) is 33.5. The molecule has 0 saturated carbocycles. The van der Waals surface area contributed by atoms with Crippen molar-refractivity contribution in [1.29, 1.82) is 0 Å². The van der Waals surface area contributed by atoms with Crippen LogP contribution in [0.2, 0.25) is 10.0 Å². The first-order valence-corrected chi connectivity index (χ1v) is 13.5. The van der Waals surface area contributed by atoms with Gasteiger partial charge in [-0.1, -0.05) is 23.2 Å². The number of aliphatic hydroxyl groups excluding tert-OH is 2. The molecule has 16 heteroatoms. The lowest BCUT2D eigenvalue weighted by atomic mass is 9.91. The summed E-state index contributed by atoms with van der Waals surface area (Å²) in [7, 11) is 1.44. The largest absolute Gasteiger partial charge is 0.388 e. The standard InChI is InChI=1S/C26H23Cl2F2N7O5/c1-10-34-25(37(35-10)15-5-12(27)7-32-19(15)26(40)31-2)24-21(39)20(23-22(42-24)16(38)9-41-23)36-8-11(6-33-36)13-3-4-14(28)18(30)17(13)29/h3-8,16,20-24,38-39H,9H2,1-2H3,(H,31,40)/t16?,20?,21?,22?,23-,24-/m1/s1. The molecule has 1 amide bonds. The summed E-state index contributed by atoms with van der Waals surface area (Å²) in [5.41, 5.74) is 0.297. The number of carbonyl (C=O) groups excluding carboxylic acids is 1. The number of hydrogen-bond donors (Lipinski definition) is 3. The molecule has 3 aromatic heterocycles. The minimum atomic E-state index is -1.41. The summed E-state index contributed by atoms with van der Waals surface area (Å²) < 4.78 is 43.5. The Morgan fingerprint density at radius 2 is 1.95 bits per heavy atom. The van der Waals surface area contributed by atoms with Gasteiger partial charge >= 0.3 is 0 Å². The molecule has 6 rings (SSSR count). The van der Waals surface area contributed by atoms with Crippen LogP contribution in [0.5, 0.6) is 0 Å². The van der Waals surface area contributed by atoms with Crippen molar-refractivity contribution in [2.45, 2.75) is 43.5 Å². The normalized spacial score (nSPS) is 25.4. The highest BCUT2D eigenvalue weighted by Crippen LogP contribution is 2.43. The molecule has 0 bridgehead atoms. The van der Waals surface area contributed by atoms with E-state index in [9.17, 15) is 23.8 Å². The third-order valence-corrected chi connectivity index (χ3v) is 7.71. The van der Waals surface area contributed by atoms with Gasteiger partial charge in [-0.2, -0.15) is 10.2 Å². The molecule has 42 heavy (non-hydrogen) atoms. The van der Waals surface area contributed by atoms with Crippen molar-refractivity contribution in [3.05, 3.63) is 75.8 Å². The highest BCUT2D eigenvalue weighted by molar-refractivity contribution is 6.31. The zero-order valence-electron chi connectivity index (χ0n) is 21.9. The maximum atomic E-state index is 14.7. The number of benzene rings is 1. The molecule has 2 saturated heterocycles. The van der Waals surface area contributed by atoms with Crippen molar-refractivity contribution in [2.24, 2.45) is 0 Å². The molecule has 6 atom stereocenters. The number of aromatic nitrogens is 6. The van der Waals surface area contributed by atoms with Crippen molar-refractivity contribution in [2.75, 3.05) is 13.7 Å². The van der Waals surface area contributed by atoms with Crippen LogP contribution in [0, 0.1) is 18.6 Å². The topological polar surface area (TPSA) is 149 Å². The fourth-order valence-corrected chi connectivity index (χ4v) is 5.59. The molecule has 2 aliphatic heterocycles. The number of rotatable bonds is 5. The molecule has 12 nitrogen and oxygen atoms in total. The molecular weight excluding hydrogens is 599 g/mol. The SMILES string of the molecule is CNC(=O)c1ncc(Cl)cc1-n1nc(C)nc1[C@@H]1OC2C(O)CO[C@@H]2C(n2cc(-c3ccc(Cl)c(F)c3F)cn2)C1O. The summed E-state index contributed by atoms with van der Waals surface area (Å²) in [6.45, 7) is 1.53. The average molecular weight is 622 g/mol. The number of fused-ring (bicyclic) bond motifs is 1. The van der Waals surface area contributed by atoms with Crippen LogP contribution in [-0.2, 0) is 9.47 Å². The maximum absolute atomic E-state index is 14.7.